The van der Waals surface area contributed by atoms with Crippen molar-refractivity contribution in [3.63, 3.8) is 0 Å². The molecule has 1 aromatic carbocycles. The molecule has 5 heteroatoms. The lowest BCUT2D eigenvalue weighted by Gasteiger charge is -2.07. The van der Waals surface area contributed by atoms with Gasteiger partial charge >= 0.3 is 0 Å². The van der Waals surface area contributed by atoms with Gasteiger partial charge < -0.3 is 10.1 Å². The van der Waals surface area contributed by atoms with Gasteiger partial charge in [-0.1, -0.05) is 12.1 Å². The van der Waals surface area contributed by atoms with Crippen LogP contribution in [0.3, 0.4) is 0 Å². The summed E-state index contributed by atoms with van der Waals surface area (Å²) in [6.45, 7) is 4.01. The molecule has 0 amide bonds. The van der Waals surface area contributed by atoms with Crippen LogP contribution in [-0.2, 0) is 0 Å². The van der Waals surface area contributed by atoms with E-state index in [9.17, 15) is 0 Å². The van der Waals surface area contributed by atoms with E-state index in [1.807, 2.05) is 44.2 Å². The van der Waals surface area contributed by atoms with Crippen molar-refractivity contribution in [2.24, 2.45) is 0 Å². The van der Waals surface area contributed by atoms with Crippen molar-refractivity contribution >= 4 is 11.6 Å². The summed E-state index contributed by atoms with van der Waals surface area (Å²) in [6.07, 6.45) is 5.38. The number of anilines is 2. The number of hydrogen-bond donors (Lipinski definition) is 1. The Bertz CT molecular complexity index is 798. The number of nitrogens with zero attached hydrogens (tertiary/aromatic N) is 3. The minimum absolute atomic E-state index is 0.548. The topological polar surface area (TPSA) is 59.9 Å². The zero-order chi connectivity index (χ0) is 16.2. The van der Waals surface area contributed by atoms with Gasteiger partial charge in [0, 0.05) is 23.7 Å². The Hall–Kier alpha value is -2.95. The van der Waals surface area contributed by atoms with Crippen molar-refractivity contribution in [3.8, 4) is 16.9 Å². The molecule has 1 N–H and O–H groups in total. The van der Waals surface area contributed by atoms with Crippen molar-refractivity contribution in [2.75, 3.05) is 12.4 Å². The van der Waals surface area contributed by atoms with Gasteiger partial charge in [0.05, 0.1) is 19.0 Å². The number of hydrogen-bond acceptors (Lipinski definition) is 5. The van der Waals surface area contributed by atoms with E-state index in [1.54, 1.807) is 25.7 Å². The highest BCUT2D eigenvalue weighted by Gasteiger charge is 2.03. The third-order valence-electron chi connectivity index (χ3n) is 3.67. The van der Waals surface area contributed by atoms with Crippen molar-refractivity contribution in [3.05, 3.63) is 60.2 Å². The maximum atomic E-state index is 5.16. The predicted molar refractivity (Wildman–Crippen MR) is 91.0 cm³/mol. The maximum Gasteiger partial charge on any atom is 0.227 e. The second kappa shape index (κ2) is 6.44. The minimum atomic E-state index is 0.548. The predicted octanol–water partition coefficient (Wildman–Crippen LogP) is 3.91. The van der Waals surface area contributed by atoms with Crippen molar-refractivity contribution in [2.45, 2.75) is 13.8 Å². The molecule has 3 rings (SSSR count). The van der Waals surface area contributed by atoms with Crippen LogP contribution in [0.4, 0.5) is 11.6 Å². The van der Waals surface area contributed by atoms with Gasteiger partial charge in [0.1, 0.15) is 5.75 Å². The molecule has 2 aromatic heterocycles. The van der Waals surface area contributed by atoms with E-state index in [0.29, 0.717) is 5.95 Å². The Morgan fingerprint density at radius 3 is 2.17 bits per heavy atom. The van der Waals surface area contributed by atoms with Crippen LogP contribution in [0.1, 0.15) is 11.3 Å². The highest BCUT2D eigenvalue weighted by atomic mass is 16.5. The number of rotatable bonds is 4. The fraction of sp³-hybridized carbons (Fsp3) is 0.167. The molecule has 3 aromatic rings. The molecular formula is C18H18N4O. The molecule has 0 bridgehead atoms. The minimum Gasteiger partial charge on any atom is -0.497 e. The Labute approximate surface area is 135 Å². The molecule has 0 spiro atoms. The van der Waals surface area contributed by atoms with Crippen LogP contribution in [0.15, 0.2) is 48.9 Å². The highest BCUT2D eigenvalue weighted by Crippen LogP contribution is 2.22. The molecule has 5 nitrogen and oxygen atoms in total. The lowest BCUT2D eigenvalue weighted by Crippen LogP contribution is -1.98. The third kappa shape index (κ3) is 3.45. The Balaban J connectivity index is 1.77. The molecule has 0 atom stereocenters. The third-order valence-corrected chi connectivity index (χ3v) is 3.67. The monoisotopic (exact) mass is 306 g/mol. The molecule has 0 fully saturated rings. The van der Waals surface area contributed by atoms with Crippen molar-refractivity contribution in [1.29, 1.82) is 0 Å². The van der Waals surface area contributed by atoms with Gasteiger partial charge in [-0.15, -0.1) is 0 Å². The Morgan fingerprint density at radius 1 is 0.870 bits per heavy atom. The SMILES string of the molecule is COc1ccc(-c2cnc(Nc3cnc(C)c(C)c3)nc2)cc1. The van der Waals surface area contributed by atoms with Gasteiger partial charge in [0.15, 0.2) is 0 Å². The first-order valence-electron chi connectivity index (χ1n) is 7.32. The van der Waals surface area contributed by atoms with Crippen LogP contribution < -0.4 is 10.1 Å². The van der Waals surface area contributed by atoms with Crippen LogP contribution in [0.5, 0.6) is 5.75 Å². The summed E-state index contributed by atoms with van der Waals surface area (Å²) in [5.41, 5.74) is 5.03. The number of aryl methyl sites for hydroxylation is 2. The van der Waals surface area contributed by atoms with E-state index in [4.69, 9.17) is 4.74 Å². The molecule has 23 heavy (non-hydrogen) atoms. The number of aromatic nitrogens is 3. The lowest BCUT2D eigenvalue weighted by molar-refractivity contribution is 0.415. The fourth-order valence-electron chi connectivity index (χ4n) is 2.17. The summed E-state index contributed by atoms with van der Waals surface area (Å²) < 4.78 is 5.16. The average molecular weight is 306 g/mol. The van der Waals surface area contributed by atoms with Crippen LogP contribution >= 0.6 is 0 Å². The first-order chi connectivity index (χ1) is 11.2. The second-order valence-electron chi connectivity index (χ2n) is 5.28. The van der Waals surface area contributed by atoms with Gasteiger partial charge in [0.2, 0.25) is 5.95 Å². The number of pyridine rings is 1. The Kier molecular flexibility index (Phi) is 4.19. The summed E-state index contributed by atoms with van der Waals surface area (Å²) in [7, 11) is 1.65. The van der Waals surface area contributed by atoms with Crippen LogP contribution in [0, 0.1) is 13.8 Å². The zero-order valence-corrected chi connectivity index (χ0v) is 13.4. The summed E-state index contributed by atoms with van der Waals surface area (Å²) in [4.78, 5) is 13.1. The van der Waals surface area contributed by atoms with Gasteiger partial charge in [-0.2, -0.15) is 0 Å². The Morgan fingerprint density at radius 2 is 1.57 bits per heavy atom. The van der Waals surface area contributed by atoms with Gasteiger partial charge in [0.25, 0.3) is 0 Å². The maximum absolute atomic E-state index is 5.16. The summed E-state index contributed by atoms with van der Waals surface area (Å²) >= 11 is 0. The number of nitrogens with one attached hydrogen (secondary N) is 1. The van der Waals surface area contributed by atoms with Crippen molar-refractivity contribution in [1.82, 2.24) is 15.0 Å². The van der Waals surface area contributed by atoms with E-state index in [1.165, 1.54) is 0 Å². The first kappa shape index (κ1) is 15.0. The molecule has 0 saturated carbocycles. The largest absolute Gasteiger partial charge is 0.497 e. The molecule has 0 aliphatic carbocycles. The van der Waals surface area contributed by atoms with Crippen LogP contribution in [0.2, 0.25) is 0 Å². The fourth-order valence-corrected chi connectivity index (χ4v) is 2.17. The van der Waals surface area contributed by atoms with Crippen LogP contribution in [-0.4, -0.2) is 22.1 Å². The quantitative estimate of drug-likeness (QED) is 0.792. The summed E-state index contributed by atoms with van der Waals surface area (Å²) in [5.74, 6) is 1.38. The average Bonchev–Trinajstić information content (AvgIpc) is 2.59. The molecular weight excluding hydrogens is 288 g/mol. The van der Waals surface area contributed by atoms with E-state index in [0.717, 1.165) is 33.8 Å². The smallest absolute Gasteiger partial charge is 0.227 e. The van der Waals surface area contributed by atoms with Crippen LogP contribution in [0.25, 0.3) is 11.1 Å². The zero-order valence-electron chi connectivity index (χ0n) is 13.4. The van der Waals surface area contributed by atoms with E-state index >= 15 is 0 Å². The van der Waals surface area contributed by atoms with Gasteiger partial charge in [-0.25, -0.2) is 9.97 Å². The van der Waals surface area contributed by atoms with Gasteiger partial charge in [-0.3, -0.25) is 4.98 Å². The molecule has 2 heterocycles. The number of benzene rings is 1. The normalized spacial score (nSPS) is 10.4. The molecule has 0 unspecified atom stereocenters. The second-order valence-corrected chi connectivity index (χ2v) is 5.28. The van der Waals surface area contributed by atoms with E-state index in [-0.39, 0.29) is 0 Å². The van der Waals surface area contributed by atoms with E-state index < -0.39 is 0 Å². The van der Waals surface area contributed by atoms with Crippen molar-refractivity contribution < 1.29 is 4.74 Å². The molecule has 0 saturated heterocycles. The molecule has 116 valence electrons. The number of methoxy groups -OCH3 is 1. The molecule has 0 radical (unpaired) electrons. The summed E-state index contributed by atoms with van der Waals surface area (Å²) in [5, 5.41) is 3.16. The lowest BCUT2D eigenvalue weighted by atomic mass is 10.1. The van der Waals surface area contributed by atoms with E-state index in [2.05, 4.69) is 20.3 Å². The molecule has 0 aliphatic rings. The van der Waals surface area contributed by atoms with Gasteiger partial charge in [-0.05, 0) is 43.2 Å². The first-order valence-corrected chi connectivity index (χ1v) is 7.32. The highest BCUT2D eigenvalue weighted by molar-refractivity contribution is 5.63. The standard InChI is InChI=1S/C18H18N4O/c1-12-8-16(11-19-13(12)2)22-18-20-9-15(10-21-18)14-4-6-17(23-3)7-5-14/h4-11H,1-3H3,(H,20,21,22). The number of ether oxygens (including phenoxy) is 1. The molecule has 0 aliphatic heterocycles. The summed E-state index contributed by atoms with van der Waals surface area (Å²) in [6, 6.07) is 9.84.